The molecule has 3 amide bonds. The van der Waals surface area contributed by atoms with Gasteiger partial charge >= 0.3 is 12.1 Å². The van der Waals surface area contributed by atoms with E-state index in [1.807, 2.05) is 0 Å². The van der Waals surface area contributed by atoms with Gasteiger partial charge in [0.05, 0.1) is 11.1 Å². The number of fused-ring (bicyclic) bond motifs is 1. The lowest BCUT2D eigenvalue weighted by Gasteiger charge is -2.34. The van der Waals surface area contributed by atoms with Gasteiger partial charge < -0.3 is 9.57 Å². The maximum atomic E-state index is 12.8. The number of rotatable bonds is 2. The largest absolute Gasteiger partial charge is 0.444 e. The van der Waals surface area contributed by atoms with Crippen molar-refractivity contribution >= 4 is 23.9 Å². The molecule has 144 valence electrons. The molecule has 0 aromatic heterocycles. The summed E-state index contributed by atoms with van der Waals surface area (Å²) in [6, 6.07) is 6.23. The van der Waals surface area contributed by atoms with E-state index in [4.69, 9.17) is 9.57 Å². The predicted molar refractivity (Wildman–Crippen MR) is 93.6 cm³/mol. The lowest BCUT2D eigenvalue weighted by atomic mass is 10.00. The highest BCUT2D eigenvalue weighted by atomic mass is 16.7. The van der Waals surface area contributed by atoms with Crippen molar-refractivity contribution in [2.45, 2.75) is 51.7 Å². The quantitative estimate of drug-likeness (QED) is 0.739. The SMILES string of the molecule is CC(C)(C)OC(=O)N1CCCC1(C)C(=O)ON1C(=O)c2ccccc2C1=O. The van der Waals surface area contributed by atoms with Crippen LogP contribution in [0.2, 0.25) is 0 Å². The van der Waals surface area contributed by atoms with Crippen molar-refractivity contribution in [3.63, 3.8) is 0 Å². The Morgan fingerprint density at radius 3 is 2.15 bits per heavy atom. The van der Waals surface area contributed by atoms with E-state index in [2.05, 4.69) is 0 Å². The van der Waals surface area contributed by atoms with E-state index in [1.54, 1.807) is 39.8 Å². The number of carbonyl (C=O) groups is 4. The zero-order valence-electron chi connectivity index (χ0n) is 15.8. The van der Waals surface area contributed by atoms with Crippen LogP contribution in [-0.4, -0.2) is 51.5 Å². The van der Waals surface area contributed by atoms with Crippen molar-refractivity contribution in [1.82, 2.24) is 9.96 Å². The van der Waals surface area contributed by atoms with Crippen molar-refractivity contribution in [3.8, 4) is 0 Å². The Balaban J connectivity index is 1.78. The van der Waals surface area contributed by atoms with Crippen LogP contribution in [0.1, 0.15) is 61.3 Å². The van der Waals surface area contributed by atoms with Gasteiger partial charge in [0, 0.05) is 6.54 Å². The molecular formula is C19H22N2O6. The fraction of sp³-hybridized carbons (Fsp3) is 0.474. The first kappa shape index (κ1) is 18.9. The summed E-state index contributed by atoms with van der Waals surface area (Å²) in [7, 11) is 0. The van der Waals surface area contributed by atoms with E-state index >= 15 is 0 Å². The van der Waals surface area contributed by atoms with Crippen molar-refractivity contribution in [2.24, 2.45) is 0 Å². The van der Waals surface area contributed by atoms with E-state index in [9.17, 15) is 19.2 Å². The van der Waals surface area contributed by atoms with Crippen LogP contribution in [0, 0.1) is 0 Å². The normalized spacial score (nSPS) is 22.1. The highest BCUT2D eigenvalue weighted by Crippen LogP contribution is 2.33. The molecular weight excluding hydrogens is 352 g/mol. The van der Waals surface area contributed by atoms with Gasteiger partial charge in [0.25, 0.3) is 11.8 Å². The van der Waals surface area contributed by atoms with Crippen LogP contribution in [-0.2, 0) is 14.4 Å². The van der Waals surface area contributed by atoms with Crippen LogP contribution in [0.15, 0.2) is 24.3 Å². The molecule has 0 bridgehead atoms. The first-order valence-corrected chi connectivity index (χ1v) is 8.75. The molecule has 1 aromatic carbocycles. The molecule has 1 saturated heterocycles. The molecule has 0 N–H and O–H groups in total. The molecule has 2 aliphatic rings. The molecule has 1 aromatic rings. The molecule has 2 heterocycles. The van der Waals surface area contributed by atoms with Gasteiger partial charge in [-0.2, -0.15) is 0 Å². The van der Waals surface area contributed by atoms with E-state index in [0.717, 1.165) is 0 Å². The molecule has 0 saturated carbocycles. The Kier molecular flexibility index (Phi) is 4.45. The Morgan fingerprint density at radius 1 is 1.07 bits per heavy atom. The van der Waals surface area contributed by atoms with Gasteiger partial charge in [-0.1, -0.05) is 17.2 Å². The summed E-state index contributed by atoms with van der Waals surface area (Å²) in [5, 5.41) is 0.462. The van der Waals surface area contributed by atoms with Crippen LogP contribution in [0.25, 0.3) is 0 Å². The van der Waals surface area contributed by atoms with Gasteiger partial charge in [-0.3, -0.25) is 14.5 Å². The number of benzene rings is 1. The molecule has 1 atom stereocenters. The summed E-state index contributed by atoms with van der Waals surface area (Å²) < 4.78 is 5.36. The Labute approximate surface area is 157 Å². The molecule has 0 spiro atoms. The summed E-state index contributed by atoms with van der Waals surface area (Å²) in [4.78, 5) is 56.5. The molecule has 1 fully saturated rings. The average Bonchev–Trinajstić information content (AvgIpc) is 3.09. The monoisotopic (exact) mass is 374 g/mol. The molecule has 1 unspecified atom stereocenters. The number of hydrogen-bond acceptors (Lipinski definition) is 6. The van der Waals surface area contributed by atoms with Crippen LogP contribution < -0.4 is 0 Å². The number of imide groups is 1. The lowest BCUT2D eigenvalue weighted by Crippen LogP contribution is -2.54. The van der Waals surface area contributed by atoms with E-state index in [1.165, 1.54) is 17.0 Å². The number of likely N-dealkylation sites (tertiary alicyclic amines) is 1. The van der Waals surface area contributed by atoms with Crippen molar-refractivity contribution in [1.29, 1.82) is 0 Å². The molecule has 2 aliphatic heterocycles. The Bertz CT molecular complexity index is 793. The fourth-order valence-corrected chi connectivity index (χ4v) is 3.22. The van der Waals surface area contributed by atoms with Crippen molar-refractivity contribution in [2.75, 3.05) is 6.54 Å². The minimum atomic E-state index is -1.32. The zero-order valence-corrected chi connectivity index (χ0v) is 15.8. The number of ether oxygens (including phenoxy) is 1. The second-order valence-corrected chi connectivity index (χ2v) is 7.84. The number of amides is 3. The lowest BCUT2D eigenvalue weighted by molar-refractivity contribution is -0.180. The maximum absolute atomic E-state index is 12.8. The van der Waals surface area contributed by atoms with Crippen molar-refractivity contribution in [3.05, 3.63) is 35.4 Å². The highest BCUT2D eigenvalue weighted by molar-refractivity contribution is 6.21. The Hall–Kier alpha value is -2.90. The van der Waals surface area contributed by atoms with Gasteiger partial charge in [-0.05, 0) is 52.7 Å². The molecule has 27 heavy (non-hydrogen) atoms. The number of hydrogen-bond donors (Lipinski definition) is 0. The van der Waals surface area contributed by atoms with Crippen LogP contribution >= 0.6 is 0 Å². The molecule has 0 aliphatic carbocycles. The van der Waals surface area contributed by atoms with Gasteiger partial charge in [-0.25, -0.2) is 9.59 Å². The van der Waals surface area contributed by atoms with Gasteiger partial charge in [0.2, 0.25) is 0 Å². The third-order valence-electron chi connectivity index (χ3n) is 4.63. The van der Waals surface area contributed by atoms with Gasteiger partial charge in [-0.15, -0.1) is 0 Å². The van der Waals surface area contributed by atoms with Crippen LogP contribution in [0.5, 0.6) is 0 Å². The summed E-state index contributed by atoms with van der Waals surface area (Å²) >= 11 is 0. The second-order valence-electron chi connectivity index (χ2n) is 7.84. The molecule has 3 rings (SSSR count). The Morgan fingerprint density at radius 2 is 1.63 bits per heavy atom. The predicted octanol–water partition coefficient (Wildman–Crippen LogP) is 2.53. The third kappa shape index (κ3) is 3.27. The standard InChI is InChI=1S/C19H22N2O6/c1-18(2,3)26-17(25)20-11-7-10-19(20,4)16(24)27-21-14(22)12-8-5-6-9-13(12)15(21)23/h5-6,8-9H,7,10-11H2,1-4H3. The second kappa shape index (κ2) is 6.37. The van der Waals surface area contributed by atoms with E-state index < -0.39 is 35.0 Å². The molecule has 8 heteroatoms. The van der Waals surface area contributed by atoms with E-state index in [-0.39, 0.29) is 11.1 Å². The van der Waals surface area contributed by atoms with E-state index in [0.29, 0.717) is 24.4 Å². The van der Waals surface area contributed by atoms with Crippen LogP contribution in [0.3, 0.4) is 0 Å². The van der Waals surface area contributed by atoms with Crippen molar-refractivity contribution < 1.29 is 28.8 Å². The molecule has 0 radical (unpaired) electrons. The summed E-state index contributed by atoms with van der Waals surface area (Å²) in [5.74, 6) is -2.25. The molecule has 8 nitrogen and oxygen atoms in total. The first-order valence-electron chi connectivity index (χ1n) is 8.75. The fourth-order valence-electron chi connectivity index (χ4n) is 3.22. The van der Waals surface area contributed by atoms with Crippen LogP contribution in [0.4, 0.5) is 4.79 Å². The van der Waals surface area contributed by atoms with Gasteiger partial charge in [0.15, 0.2) is 0 Å². The maximum Gasteiger partial charge on any atom is 0.411 e. The average molecular weight is 374 g/mol. The summed E-state index contributed by atoms with van der Waals surface area (Å²) in [6.07, 6.45) is 0.281. The topological polar surface area (TPSA) is 93.2 Å². The minimum Gasteiger partial charge on any atom is -0.444 e. The zero-order chi connectivity index (χ0) is 20.0. The summed E-state index contributed by atoms with van der Waals surface area (Å²) in [6.45, 7) is 7.06. The summed E-state index contributed by atoms with van der Waals surface area (Å²) in [5.41, 5.74) is -1.68. The number of carbonyl (C=O) groups excluding carboxylic acids is 4. The number of hydroxylamine groups is 2. The van der Waals surface area contributed by atoms with Gasteiger partial charge in [0.1, 0.15) is 11.1 Å². The number of nitrogens with zero attached hydrogens (tertiary/aromatic N) is 2. The first-order chi connectivity index (χ1) is 12.5. The highest BCUT2D eigenvalue weighted by Gasteiger charge is 2.51. The minimum absolute atomic E-state index is 0.177. The third-order valence-corrected chi connectivity index (χ3v) is 4.63. The smallest absolute Gasteiger partial charge is 0.411 e.